The summed E-state index contributed by atoms with van der Waals surface area (Å²) in [5, 5.41) is 0. The topological polar surface area (TPSA) is 84.9 Å². The normalized spacial score (nSPS) is 14.0. The number of hydrogen-bond donors (Lipinski definition) is 1. The van der Waals surface area contributed by atoms with Gasteiger partial charge in [0.1, 0.15) is 16.4 Å². The highest BCUT2D eigenvalue weighted by molar-refractivity contribution is 7.92. The van der Waals surface area contributed by atoms with Gasteiger partial charge in [0.15, 0.2) is 0 Å². The van der Waals surface area contributed by atoms with Crippen LogP contribution in [0, 0.1) is 0 Å². The highest BCUT2D eigenvalue weighted by Crippen LogP contribution is 2.29. The van der Waals surface area contributed by atoms with Gasteiger partial charge in [-0.05, 0) is 42.7 Å². The summed E-state index contributed by atoms with van der Waals surface area (Å²) in [5.74, 6) is 0.802. The number of benzene rings is 2. The molecule has 1 amide bonds. The molecule has 0 saturated carbocycles. The van der Waals surface area contributed by atoms with Crippen molar-refractivity contribution < 1.29 is 22.7 Å². The van der Waals surface area contributed by atoms with E-state index in [0.717, 1.165) is 31.5 Å². The zero-order valence-electron chi connectivity index (χ0n) is 16.0. The van der Waals surface area contributed by atoms with Crippen molar-refractivity contribution in [2.24, 2.45) is 0 Å². The van der Waals surface area contributed by atoms with Crippen molar-refractivity contribution in [3.63, 3.8) is 0 Å². The Hall–Kier alpha value is -2.74. The lowest BCUT2D eigenvalue weighted by Crippen LogP contribution is -2.29. The van der Waals surface area contributed by atoms with Crippen molar-refractivity contribution in [3.8, 4) is 11.5 Å². The van der Waals surface area contributed by atoms with Crippen LogP contribution in [0.5, 0.6) is 11.5 Å². The SMILES string of the molecule is COc1ccc(S(=O)(=O)Nc2ccc(CC(=O)N3CCCC3)cc2)c(OC)c1. The summed E-state index contributed by atoms with van der Waals surface area (Å²) < 4.78 is 38.3. The Labute approximate surface area is 165 Å². The van der Waals surface area contributed by atoms with E-state index in [4.69, 9.17) is 9.47 Å². The first-order valence-corrected chi connectivity index (χ1v) is 10.5. The summed E-state index contributed by atoms with van der Waals surface area (Å²) >= 11 is 0. The van der Waals surface area contributed by atoms with Crippen molar-refractivity contribution in [3.05, 3.63) is 48.0 Å². The lowest BCUT2D eigenvalue weighted by molar-refractivity contribution is -0.129. The Bertz CT molecular complexity index is 936. The van der Waals surface area contributed by atoms with Crippen molar-refractivity contribution in [2.75, 3.05) is 32.0 Å². The Balaban J connectivity index is 1.71. The second-order valence-electron chi connectivity index (χ2n) is 6.58. The van der Waals surface area contributed by atoms with Crippen LogP contribution in [0.2, 0.25) is 0 Å². The molecule has 0 unspecified atom stereocenters. The number of hydrogen-bond acceptors (Lipinski definition) is 5. The van der Waals surface area contributed by atoms with Crippen LogP contribution in [0.3, 0.4) is 0 Å². The van der Waals surface area contributed by atoms with Gasteiger partial charge in [0.25, 0.3) is 10.0 Å². The lowest BCUT2D eigenvalue weighted by atomic mass is 10.1. The molecule has 0 aliphatic carbocycles. The van der Waals surface area contributed by atoms with E-state index in [2.05, 4.69) is 4.72 Å². The van der Waals surface area contributed by atoms with Gasteiger partial charge in [0.2, 0.25) is 5.91 Å². The van der Waals surface area contributed by atoms with Crippen molar-refractivity contribution >= 4 is 21.6 Å². The Morgan fingerprint density at radius 1 is 1.04 bits per heavy atom. The van der Waals surface area contributed by atoms with Gasteiger partial charge in [0.05, 0.1) is 20.6 Å². The van der Waals surface area contributed by atoms with Crippen molar-refractivity contribution in [2.45, 2.75) is 24.2 Å². The largest absolute Gasteiger partial charge is 0.497 e. The predicted octanol–water partition coefficient (Wildman–Crippen LogP) is 2.67. The molecule has 1 aliphatic rings. The van der Waals surface area contributed by atoms with E-state index in [1.165, 1.54) is 26.4 Å². The lowest BCUT2D eigenvalue weighted by Gasteiger charge is -2.15. The molecule has 0 spiro atoms. The third-order valence-corrected chi connectivity index (χ3v) is 6.10. The molecule has 1 N–H and O–H groups in total. The summed E-state index contributed by atoms with van der Waals surface area (Å²) in [6, 6.07) is 11.3. The maximum atomic E-state index is 12.7. The minimum atomic E-state index is -3.84. The number of nitrogens with one attached hydrogen (secondary N) is 1. The number of nitrogens with zero attached hydrogens (tertiary/aromatic N) is 1. The number of methoxy groups -OCH3 is 2. The average molecular weight is 404 g/mol. The summed E-state index contributed by atoms with van der Waals surface area (Å²) in [5.41, 5.74) is 1.26. The number of anilines is 1. The fourth-order valence-corrected chi connectivity index (χ4v) is 4.36. The van der Waals surface area contributed by atoms with Crippen molar-refractivity contribution in [1.82, 2.24) is 4.90 Å². The molecule has 3 rings (SSSR count). The van der Waals surface area contributed by atoms with Crippen molar-refractivity contribution in [1.29, 1.82) is 0 Å². The monoisotopic (exact) mass is 404 g/mol. The van der Waals surface area contributed by atoms with E-state index in [1.54, 1.807) is 30.3 Å². The third kappa shape index (κ3) is 4.56. The number of carbonyl (C=O) groups is 1. The van der Waals surface area contributed by atoms with Gasteiger partial charge in [-0.3, -0.25) is 9.52 Å². The Morgan fingerprint density at radius 3 is 2.32 bits per heavy atom. The molecule has 1 aliphatic heterocycles. The van der Waals surface area contributed by atoms with Gasteiger partial charge in [-0.25, -0.2) is 8.42 Å². The number of likely N-dealkylation sites (tertiary alicyclic amines) is 1. The first-order chi connectivity index (χ1) is 13.4. The van der Waals surface area contributed by atoms with E-state index >= 15 is 0 Å². The molecule has 8 heteroatoms. The van der Waals surface area contributed by atoms with E-state index in [1.807, 2.05) is 4.90 Å². The molecule has 1 fully saturated rings. The molecule has 1 heterocycles. The van der Waals surface area contributed by atoms with Crippen LogP contribution in [-0.4, -0.2) is 46.5 Å². The second-order valence-corrected chi connectivity index (χ2v) is 8.23. The molecule has 0 atom stereocenters. The van der Waals surface area contributed by atoms with Crippen LogP contribution in [0.4, 0.5) is 5.69 Å². The predicted molar refractivity (Wildman–Crippen MR) is 106 cm³/mol. The standard InChI is InChI=1S/C20H24N2O5S/c1-26-17-9-10-19(18(14-17)27-2)28(24,25)21-16-7-5-15(6-8-16)13-20(23)22-11-3-4-12-22/h5-10,14,21H,3-4,11-13H2,1-2H3. The summed E-state index contributed by atoms with van der Waals surface area (Å²) in [4.78, 5) is 14.1. The summed E-state index contributed by atoms with van der Waals surface area (Å²) in [6.07, 6.45) is 2.43. The van der Waals surface area contributed by atoms with Crippen LogP contribution in [0.15, 0.2) is 47.4 Å². The molecule has 150 valence electrons. The number of carbonyl (C=O) groups excluding carboxylic acids is 1. The van der Waals surface area contributed by atoms with Gasteiger partial charge >= 0.3 is 0 Å². The van der Waals surface area contributed by atoms with Gasteiger partial charge in [0, 0.05) is 24.8 Å². The molecule has 0 bridgehead atoms. The zero-order valence-corrected chi connectivity index (χ0v) is 16.8. The van der Waals surface area contributed by atoms with Crippen LogP contribution in [0.1, 0.15) is 18.4 Å². The van der Waals surface area contributed by atoms with Crippen LogP contribution < -0.4 is 14.2 Å². The third-order valence-electron chi connectivity index (χ3n) is 4.68. The van der Waals surface area contributed by atoms with Gasteiger partial charge in [-0.1, -0.05) is 12.1 Å². The van der Waals surface area contributed by atoms with Crippen LogP contribution in [0.25, 0.3) is 0 Å². The minimum Gasteiger partial charge on any atom is -0.497 e. The molecular weight excluding hydrogens is 380 g/mol. The molecular formula is C20H24N2O5S. The van der Waals surface area contributed by atoms with Gasteiger partial charge in [-0.2, -0.15) is 0 Å². The first-order valence-electron chi connectivity index (χ1n) is 9.04. The molecule has 7 nitrogen and oxygen atoms in total. The maximum Gasteiger partial charge on any atom is 0.265 e. The van der Waals surface area contributed by atoms with E-state index in [-0.39, 0.29) is 16.6 Å². The van der Waals surface area contributed by atoms with Gasteiger partial charge in [-0.15, -0.1) is 0 Å². The molecule has 1 saturated heterocycles. The fraction of sp³-hybridized carbons (Fsp3) is 0.350. The summed E-state index contributed by atoms with van der Waals surface area (Å²) in [6.45, 7) is 1.64. The smallest absolute Gasteiger partial charge is 0.265 e. The highest BCUT2D eigenvalue weighted by Gasteiger charge is 2.21. The van der Waals surface area contributed by atoms with Gasteiger partial charge < -0.3 is 14.4 Å². The van der Waals surface area contributed by atoms with E-state index in [0.29, 0.717) is 17.9 Å². The van der Waals surface area contributed by atoms with Crippen LogP contribution >= 0.6 is 0 Å². The molecule has 2 aromatic carbocycles. The highest BCUT2D eigenvalue weighted by atomic mass is 32.2. The Morgan fingerprint density at radius 2 is 1.71 bits per heavy atom. The molecule has 0 aromatic heterocycles. The number of rotatable bonds is 7. The van der Waals surface area contributed by atoms with Crippen LogP contribution in [-0.2, 0) is 21.2 Å². The van der Waals surface area contributed by atoms with E-state index in [9.17, 15) is 13.2 Å². The number of sulfonamides is 1. The zero-order chi connectivity index (χ0) is 20.1. The summed E-state index contributed by atoms with van der Waals surface area (Å²) in [7, 11) is -0.936. The first kappa shape index (κ1) is 20.0. The van der Waals surface area contributed by atoms with E-state index < -0.39 is 10.0 Å². The fourth-order valence-electron chi connectivity index (χ4n) is 3.15. The molecule has 0 radical (unpaired) electrons. The molecule has 2 aromatic rings. The minimum absolute atomic E-state index is 0.0177. The number of amides is 1. The Kier molecular flexibility index (Phi) is 6.08. The quantitative estimate of drug-likeness (QED) is 0.767. The number of ether oxygens (including phenoxy) is 2. The average Bonchev–Trinajstić information content (AvgIpc) is 3.23. The second kappa shape index (κ2) is 8.52. The molecule has 28 heavy (non-hydrogen) atoms. The maximum absolute atomic E-state index is 12.7.